The summed E-state index contributed by atoms with van der Waals surface area (Å²) in [5, 5.41) is 10.3. The number of carbonyl (C=O) groups excluding carboxylic acids is 2. The zero-order chi connectivity index (χ0) is 9.84. The number of nitrogens with one attached hydrogen (secondary N) is 1. The summed E-state index contributed by atoms with van der Waals surface area (Å²) in [6, 6.07) is 0. The molecule has 0 aromatic carbocycles. The minimum atomic E-state index is -1.15. The smallest absolute Gasteiger partial charge is 0.404 e. The van der Waals surface area contributed by atoms with Gasteiger partial charge in [0.15, 0.2) is 0 Å². The van der Waals surface area contributed by atoms with E-state index in [1.54, 1.807) is 0 Å². The van der Waals surface area contributed by atoms with Gasteiger partial charge in [-0.05, 0) is 0 Å². The summed E-state index contributed by atoms with van der Waals surface area (Å²) < 4.78 is 0. The Morgan fingerprint density at radius 1 is 1.38 bits per heavy atom. The lowest BCUT2D eigenvalue weighted by Gasteiger charge is -2.12. The number of hydrogen-bond donors (Lipinski definition) is 2. The van der Waals surface area contributed by atoms with Crippen LogP contribution in [-0.4, -0.2) is 41.0 Å². The molecule has 3 amide bonds. The van der Waals surface area contributed by atoms with Gasteiger partial charge in [-0.3, -0.25) is 14.5 Å². The molecule has 72 valence electrons. The highest BCUT2D eigenvalue weighted by molar-refractivity contribution is 6.01. The van der Waals surface area contributed by atoms with Gasteiger partial charge in [-0.1, -0.05) is 0 Å². The summed E-state index contributed by atoms with van der Waals surface area (Å²) >= 11 is 0. The van der Waals surface area contributed by atoms with Crippen molar-refractivity contribution in [2.24, 2.45) is 0 Å². The van der Waals surface area contributed by atoms with Gasteiger partial charge in [0.25, 0.3) is 0 Å². The standard InChI is InChI=1S/C7H10N2O4/c10-5-1-2-6(11)9(5)4-3-8-7(12)13/h8H,1-4H2,(H,12,13). The summed E-state index contributed by atoms with van der Waals surface area (Å²) in [6.45, 7) is 0.219. The number of carbonyl (C=O) groups is 3. The van der Waals surface area contributed by atoms with Gasteiger partial charge in [-0.25, -0.2) is 4.79 Å². The highest BCUT2D eigenvalue weighted by atomic mass is 16.4. The van der Waals surface area contributed by atoms with Gasteiger partial charge in [-0.15, -0.1) is 0 Å². The number of likely N-dealkylation sites (tertiary alicyclic amines) is 1. The Kier molecular flexibility index (Phi) is 2.84. The maximum Gasteiger partial charge on any atom is 0.404 e. The average molecular weight is 186 g/mol. The Balaban J connectivity index is 2.31. The van der Waals surface area contributed by atoms with Crippen molar-refractivity contribution in [2.45, 2.75) is 12.8 Å². The second kappa shape index (κ2) is 3.88. The predicted molar refractivity (Wildman–Crippen MR) is 42.0 cm³/mol. The van der Waals surface area contributed by atoms with Crippen molar-refractivity contribution in [1.29, 1.82) is 0 Å². The van der Waals surface area contributed by atoms with Gasteiger partial charge in [0.1, 0.15) is 0 Å². The fourth-order valence-corrected chi connectivity index (χ4v) is 1.15. The molecule has 1 fully saturated rings. The third-order valence-corrected chi connectivity index (χ3v) is 1.77. The van der Waals surface area contributed by atoms with Crippen LogP contribution in [0.2, 0.25) is 0 Å². The van der Waals surface area contributed by atoms with Gasteiger partial charge in [0.2, 0.25) is 11.8 Å². The van der Waals surface area contributed by atoms with Crippen LogP contribution in [0.3, 0.4) is 0 Å². The van der Waals surface area contributed by atoms with Gasteiger partial charge in [0.05, 0.1) is 0 Å². The maximum atomic E-state index is 11.0. The first-order valence-corrected chi connectivity index (χ1v) is 3.91. The molecule has 0 spiro atoms. The molecule has 1 rings (SSSR count). The van der Waals surface area contributed by atoms with E-state index in [9.17, 15) is 14.4 Å². The summed E-state index contributed by atoms with van der Waals surface area (Å²) in [7, 11) is 0. The van der Waals surface area contributed by atoms with Crippen molar-refractivity contribution < 1.29 is 19.5 Å². The summed E-state index contributed by atoms with van der Waals surface area (Å²) in [4.78, 5) is 33.1. The fraction of sp³-hybridized carbons (Fsp3) is 0.571. The van der Waals surface area contributed by atoms with E-state index in [0.29, 0.717) is 0 Å². The molecule has 2 N–H and O–H groups in total. The first-order valence-electron chi connectivity index (χ1n) is 3.91. The van der Waals surface area contributed by atoms with Gasteiger partial charge < -0.3 is 10.4 Å². The number of hydrogen-bond acceptors (Lipinski definition) is 3. The third-order valence-electron chi connectivity index (χ3n) is 1.77. The first-order chi connectivity index (χ1) is 6.11. The summed E-state index contributed by atoms with van der Waals surface area (Å²) in [5.74, 6) is -0.450. The van der Waals surface area contributed by atoms with E-state index in [1.165, 1.54) is 0 Å². The first kappa shape index (κ1) is 9.50. The summed E-state index contributed by atoms with van der Waals surface area (Å²) in [5.41, 5.74) is 0. The molecule has 1 heterocycles. The van der Waals surface area contributed by atoms with E-state index in [4.69, 9.17) is 5.11 Å². The molecule has 0 aromatic heterocycles. The van der Waals surface area contributed by atoms with Crippen molar-refractivity contribution in [3.05, 3.63) is 0 Å². The Morgan fingerprint density at radius 3 is 2.38 bits per heavy atom. The van der Waals surface area contributed by atoms with Crippen LogP contribution in [0.1, 0.15) is 12.8 Å². The molecule has 0 aromatic rings. The normalized spacial score (nSPS) is 16.5. The fourth-order valence-electron chi connectivity index (χ4n) is 1.15. The summed E-state index contributed by atoms with van der Waals surface area (Å²) in [6.07, 6.45) is -0.670. The number of carboxylic acid groups (broad SMARTS) is 1. The SMILES string of the molecule is O=C(O)NCCN1C(=O)CCC1=O. The maximum absolute atomic E-state index is 11.0. The Bertz CT molecular complexity index is 235. The predicted octanol–water partition coefficient (Wildman–Crippen LogP) is -0.597. The van der Waals surface area contributed by atoms with Gasteiger partial charge >= 0.3 is 6.09 Å². The van der Waals surface area contributed by atoms with E-state index in [-0.39, 0.29) is 37.7 Å². The van der Waals surface area contributed by atoms with E-state index in [1.807, 2.05) is 0 Å². The van der Waals surface area contributed by atoms with Crippen LogP contribution in [0, 0.1) is 0 Å². The van der Waals surface area contributed by atoms with Gasteiger partial charge in [-0.2, -0.15) is 0 Å². The molecular formula is C7H10N2O4. The number of imide groups is 1. The zero-order valence-corrected chi connectivity index (χ0v) is 6.95. The molecule has 0 radical (unpaired) electrons. The van der Waals surface area contributed by atoms with E-state index in [0.717, 1.165) is 4.90 Å². The minimum Gasteiger partial charge on any atom is -0.465 e. The quantitative estimate of drug-likeness (QED) is 0.576. The highest BCUT2D eigenvalue weighted by Gasteiger charge is 2.27. The molecule has 0 bridgehead atoms. The molecule has 1 aliphatic rings. The van der Waals surface area contributed by atoms with E-state index >= 15 is 0 Å². The lowest BCUT2D eigenvalue weighted by molar-refractivity contribution is -0.138. The average Bonchev–Trinajstić information content (AvgIpc) is 2.34. The van der Waals surface area contributed by atoms with Crippen LogP contribution in [0.25, 0.3) is 0 Å². The van der Waals surface area contributed by atoms with Crippen LogP contribution in [-0.2, 0) is 9.59 Å². The monoisotopic (exact) mass is 186 g/mol. The lowest BCUT2D eigenvalue weighted by atomic mass is 10.4. The van der Waals surface area contributed by atoms with Crippen molar-refractivity contribution in [3.63, 3.8) is 0 Å². The minimum absolute atomic E-state index is 0.0901. The molecule has 13 heavy (non-hydrogen) atoms. The number of amides is 3. The van der Waals surface area contributed by atoms with Gasteiger partial charge in [0, 0.05) is 25.9 Å². The molecule has 6 nitrogen and oxygen atoms in total. The van der Waals surface area contributed by atoms with Crippen molar-refractivity contribution in [2.75, 3.05) is 13.1 Å². The molecule has 1 aliphatic heterocycles. The molecule has 6 heteroatoms. The molecule has 1 saturated heterocycles. The van der Waals surface area contributed by atoms with Crippen molar-refractivity contribution in [3.8, 4) is 0 Å². The largest absolute Gasteiger partial charge is 0.465 e. The lowest BCUT2D eigenvalue weighted by Crippen LogP contribution is -2.37. The van der Waals surface area contributed by atoms with Crippen LogP contribution in [0.4, 0.5) is 4.79 Å². The molecule has 0 atom stereocenters. The van der Waals surface area contributed by atoms with E-state index < -0.39 is 6.09 Å². The van der Waals surface area contributed by atoms with Crippen LogP contribution < -0.4 is 5.32 Å². The molecule has 0 unspecified atom stereocenters. The van der Waals surface area contributed by atoms with Crippen LogP contribution in [0.15, 0.2) is 0 Å². The molecule has 0 aliphatic carbocycles. The van der Waals surface area contributed by atoms with Crippen LogP contribution in [0.5, 0.6) is 0 Å². The third kappa shape index (κ3) is 2.43. The highest BCUT2D eigenvalue weighted by Crippen LogP contribution is 2.10. The number of nitrogens with zero attached hydrogens (tertiary/aromatic N) is 1. The van der Waals surface area contributed by atoms with Crippen molar-refractivity contribution in [1.82, 2.24) is 10.2 Å². The second-order valence-electron chi connectivity index (χ2n) is 2.67. The van der Waals surface area contributed by atoms with E-state index in [2.05, 4.69) is 5.32 Å². The molecular weight excluding hydrogens is 176 g/mol. The molecule has 0 saturated carbocycles. The van der Waals surface area contributed by atoms with Crippen molar-refractivity contribution >= 4 is 17.9 Å². The Morgan fingerprint density at radius 2 is 1.92 bits per heavy atom. The Hall–Kier alpha value is -1.59. The topological polar surface area (TPSA) is 86.7 Å². The Labute approximate surface area is 74.5 Å². The van der Waals surface area contributed by atoms with Crippen LogP contribution >= 0.6 is 0 Å². The zero-order valence-electron chi connectivity index (χ0n) is 6.95. The number of rotatable bonds is 3. The second-order valence-corrected chi connectivity index (χ2v) is 2.67.